The average Bonchev–Trinajstić information content (AvgIpc) is 2.09. The number of carbonyl (C=O) groups excluding carboxylic acids is 1. The topological polar surface area (TPSA) is 38.3 Å². The van der Waals surface area contributed by atoms with Crippen molar-refractivity contribution in [2.45, 2.75) is 26.3 Å². The molecule has 0 aromatic carbocycles. The molecule has 1 atom stereocenters. The zero-order valence-corrected chi connectivity index (χ0v) is 8.67. The van der Waals surface area contributed by atoms with Crippen molar-refractivity contribution in [1.82, 2.24) is 5.32 Å². The molecule has 0 rings (SSSR count). The van der Waals surface area contributed by atoms with Gasteiger partial charge in [0.1, 0.15) is 12.6 Å². The largest absolute Gasteiger partial charge is 0.460 e. The molecule has 76 valence electrons. The van der Waals surface area contributed by atoms with Crippen LogP contribution in [0, 0.1) is 5.92 Å². The summed E-state index contributed by atoms with van der Waals surface area (Å²) >= 11 is 0. The van der Waals surface area contributed by atoms with Crippen LogP contribution < -0.4 is 5.32 Å². The van der Waals surface area contributed by atoms with Crippen molar-refractivity contribution in [3.63, 3.8) is 0 Å². The fourth-order valence-corrected chi connectivity index (χ4v) is 1.04. The van der Waals surface area contributed by atoms with Gasteiger partial charge in [-0.3, -0.25) is 4.79 Å². The van der Waals surface area contributed by atoms with Gasteiger partial charge < -0.3 is 10.1 Å². The van der Waals surface area contributed by atoms with Gasteiger partial charge in [0, 0.05) is 0 Å². The monoisotopic (exact) mass is 185 g/mol. The minimum absolute atomic E-state index is 0.194. The van der Waals surface area contributed by atoms with Crippen molar-refractivity contribution >= 4 is 5.97 Å². The summed E-state index contributed by atoms with van der Waals surface area (Å²) in [6.07, 6.45) is 2.37. The minimum Gasteiger partial charge on any atom is -0.460 e. The van der Waals surface area contributed by atoms with Gasteiger partial charge in [-0.15, -0.1) is 0 Å². The summed E-state index contributed by atoms with van der Waals surface area (Å²) in [5.74, 6) is 0.282. The average molecular weight is 185 g/mol. The first-order chi connectivity index (χ1) is 6.11. The number of likely N-dealkylation sites (N-methyl/N-ethyl adjacent to an activating group) is 1. The summed E-state index contributed by atoms with van der Waals surface area (Å²) < 4.78 is 4.93. The Morgan fingerprint density at radius 3 is 2.62 bits per heavy atom. The molecule has 13 heavy (non-hydrogen) atoms. The Morgan fingerprint density at radius 2 is 2.23 bits per heavy atom. The van der Waals surface area contributed by atoms with Gasteiger partial charge in [0.05, 0.1) is 0 Å². The van der Waals surface area contributed by atoms with Crippen molar-refractivity contribution in [2.24, 2.45) is 5.92 Å². The van der Waals surface area contributed by atoms with E-state index in [1.807, 2.05) is 0 Å². The Balaban J connectivity index is 3.91. The molecule has 0 aliphatic carbocycles. The van der Waals surface area contributed by atoms with Gasteiger partial charge in [-0.1, -0.05) is 26.5 Å². The van der Waals surface area contributed by atoms with Crippen LogP contribution >= 0.6 is 0 Å². The molecule has 0 fully saturated rings. The maximum Gasteiger partial charge on any atom is 0.323 e. The molecule has 1 N–H and O–H groups in total. The molecule has 0 saturated carbocycles. The van der Waals surface area contributed by atoms with E-state index in [0.29, 0.717) is 5.92 Å². The smallest absolute Gasteiger partial charge is 0.323 e. The highest BCUT2D eigenvalue weighted by Gasteiger charge is 2.18. The van der Waals surface area contributed by atoms with E-state index in [2.05, 4.69) is 25.7 Å². The van der Waals surface area contributed by atoms with E-state index in [4.69, 9.17) is 4.74 Å². The van der Waals surface area contributed by atoms with Crippen LogP contribution in [0.3, 0.4) is 0 Å². The number of hydrogen-bond donors (Lipinski definition) is 1. The van der Waals surface area contributed by atoms with E-state index in [1.54, 1.807) is 13.1 Å². The Labute approximate surface area is 80.2 Å². The van der Waals surface area contributed by atoms with Gasteiger partial charge in [0.2, 0.25) is 0 Å². The number of rotatable bonds is 6. The van der Waals surface area contributed by atoms with Crippen molar-refractivity contribution in [3.05, 3.63) is 12.7 Å². The van der Waals surface area contributed by atoms with Crippen LogP contribution in [0.5, 0.6) is 0 Å². The number of esters is 1. The number of carbonyl (C=O) groups is 1. The van der Waals surface area contributed by atoms with Gasteiger partial charge in [0.25, 0.3) is 0 Å². The van der Waals surface area contributed by atoms with Crippen molar-refractivity contribution in [1.29, 1.82) is 0 Å². The Bertz CT molecular complexity index is 166. The van der Waals surface area contributed by atoms with Crippen LogP contribution in [-0.2, 0) is 9.53 Å². The lowest BCUT2D eigenvalue weighted by molar-refractivity contribution is -0.145. The summed E-state index contributed by atoms with van der Waals surface area (Å²) in [6, 6.07) is -0.194. The molecule has 0 aliphatic heterocycles. The molecular formula is C10H19NO2. The first kappa shape index (κ1) is 12.2. The zero-order valence-electron chi connectivity index (χ0n) is 8.67. The quantitative estimate of drug-likeness (QED) is 0.501. The molecule has 0 radical (unpaired) electrons. The Morgan fingerprint density at radius 1 is 1.62 bits per heavy atom. The summed E-state index contributed by atoms with van der Waals surface area (Å²) in [5.41, 5.74) is 0. The summed E-state index contributed by atoms with van der Waals surface area (Å²) in [4.78, 5) is 11.3. The third-order valence-corrected chi connectivity index (χ3v) is 1.68. The van der Waals surface area contributed by atoms with Gasteiger partial charge in [0.15, 0.2) is 0 Å². The van der Waals surface area contributed by atoms with Crippen molar-refractivity contribution < 1.29 is 9.53 Å². The van der Waals surface area contributed by atoms with Crippen LogP contribution in [0.25, 0.3) is 0 Å². The summed E-state index contributed by atoms with van der Waals surface area (Å²) in [7, 11) is 1.77. The van der Waals surface area contributed by atoms with E-state index in [9.17, 15) is 4.79 Å². The fraction of sp³-hybridized carbons (Fsp3) is 0.700. The van der Waals surface area contributed by atoms with E-state index in [0.717, 1.165) is 6.42 Å². The SMILES string of the molecule is C=CCOC(=O)[C@H](CC(C)C)NC. The second-order valence-electron chi connectivity index (χ2n) is 3.39. The lowest BCUT2D eigenvalue weighted by atomic mass is 10.0. The van der Waals surface area contributed by atoms with Crippen molar-refractivity contribution in [2.75, 3.05) is 13.7 Å². The molecular weight excluding hydrogens is 166 g/mol. The second kappa shape index (κ2) is 6.66. The highest BCUT2D eigenvalue weighted by Crippen LogP contribution is 2.05. The molecule has 0 bridgehead atoms. The first-order valence-electron chi connectivity index (χ1n) is 4.56. The lowest BCUT2D eigenvalue weighted by Crippen LogP contribution is -2.36. The van der Waals surface area contributed by atoms with Gasteiger partial charge in [-0.25, -0.2) is 0 Å². The third kappa shape index (κ3) is 5.42. The zero-order chi connectivity index (χ0) is 10.3. The Hall–Kier alpha value is -0.830. The van der Waals surface area contributed by atoms with Crippen LogP contribution in [0.15, 0.2) is 12.7 Å². The molecule has 0 aromatic rings. The second-order valence-corrected chi connectivity index (χ2v) is 3.39. The van der Waals surface area contributed by atoms with Crippen LogP contribution in [-0.4, -0.2) is 25.7 Å². The lowest BCUT2D eigenvalue weighted by Gasteiger charge is -2.16. The number of nitrogens with one attached hydrogen (secondary N) is 1. The predicted octanol–water partition coefficient (Wildman–Crippen LogP) is 1.35. The van der Waals surface area contributed by atoms with Crippen LogP contribution in [0.1, 0.15) is 20.3 Å². The first-order valence-corrected chi connectivity index (χ1v) is 4.56. The van der Waals surface area contributed by atoms with Gasteiger partial charge >= 0.3 is 5.97 Å². The molecule has 0 spiro atoms. The van der Waals surface area contributed by atoms with Gasteiger partial charge in [-0.05, 0) is 19.4 Å². The van der Waals surface area contributed by atoms with E-state index in [1.165, 1.54) is 0 Å². The van der Waals surface area contributed by atoms with E-state index >= 15 is 0 Å². The number of hydrogen-bond acceptors (Lipinski definition) is 3. The molecule has 3 nitrogen and oxygen atoms in total. The molecule has 0 aliphatic rings. The third-order valence-electron chi connectivity index (χ3n) is 1.68. The summed E-state index contributed by atoms with van der Waals surface area (Å²) in [5, 5.41) is 2.93. The Kier molecular flexibility index (Phi) is 6.24. The standard InChI is InChI=1S/C10H19NO2/c1-5-6-13-10(12)9(11-4)7-8(2)3/h5,8-9,11H,1,6-7H2,2-4H3/t9-/m0/s1. The minimum atomic E-state index is -0.198. The normalized spacial score (nSPS) is 12.6. The highest BCUT2D eigenvalue weighted by molar-refractivity contribution is 5.75. The predicted molar refractivity (Wildman–Crippen MR) is 53.5 cm³/mol. The summed E-state index contributed by atoms with van der Waals surface area (Å²) in [6.45, 7) is 7.92. The van der Waals surface area contributed by atoms with E-state index < -0.39 is 0 Å². The highest BCUT2D eigenvalue weighted by atomic mass is 16.5. The molecule has 3 heteroatoms. The van der Waals surface area contributed by atoms with Gasteiger partial charge in [-0.2, -0.15) is 0 Å². The molecule has 0 aromatic heterocycles. The van der Waals surface area contributed by atoms with E-state index in [-0.39, 0.29) is 18.6 Å². The van der Waals surface area contributed by atoms with Crippen molar-refractivity contribution in [3.8, 4) is 0 Å². The fourth-order valence-electron chi connectivity index (χ4n) is 1.04. The molecule has 0 unspecified atom stereocenters. The maximum atomic E-state index is 11.3. The van der Waals surface area contributed by atoms with Crippen LogP contribution in [0.2, 0.25) is 0 Å². The molecule has 0 amide bonds. The number of ether oxygens (including phenoxy) is 1. The molecule has 0 saturated heterocycles. The van der Waals surface area contributed by atoms with Crippen LogP contribution in [0.4, 0.5) is 0 Å². The molecule has 0 heterocycles. The maximum absolute atomic E-state index is 11.3.